The number of fused-ring (bicyclic) bond motifs is 1. The van der Waals surface area contributed by atoms with Crippen LogP contribution in [0.15, 0.2) is 48.6 Å². The number of unbranched alkanes of at least 4 members (excludes halogenated alkanes) is 1. The zero-order chi connectivity index (χ0) is 24.5. The first-order chi connectivity index (χ1) is 16.4. The summed E-state index contributed by atoms with van der Waals surface area (Å²) in [4.78, 5) is 52.0. The summed E-state index contributed by atoms with van der Waals surface area (Å²) in [7, 11) is 1.54. The van der Waals surface area contributed by atoms with Crippen LogP contribution in [0, 0.1) is 5.92 Å². The largest absolute Gasteiger partial charge is 0.501 e. The van der Waals surface area contributed by atoms with E-state index in [9.17, 15) is 19.2 Å². The van der Waals surface area contributed by atoms with Gasteiger partial charge in [-0.2, -0.15) is 14.3 Å². The summed E-state index contributed by atoms with van der Waals surface area (Å²) in [6.07, 6.45) is 9.17. The van der Waals surface area contributed by atoms with E-state index in [1.165, 1.54) is 16.6 Å². The molecule has 2 aliphatic rings. The molecule has 1 aliphatic carbocycles. The van der Waals surface area contributed by atoms with E-state index in [0.717, 1.165) is 6.42 Å². The van der Waals surface area contributed by atoms with Crippen LogP contribution < -0.4 is 15.4 Å². The van der Waals surface area contributed by atoms with Crippen LogP contribution in [0.4, 0.5) is 10.5 Å². The van der Waals surface area contributed by atoms with Crippen LogP contribution in [0.2, 0.25) is 0 Å². The van der Waals surface area contributed by atoms with E-state index in [-0.39, 0.29) is 24.9 Å². The number of hydrogen-bond donors (Lipinski definition) is 2. The van der Waals surface area contributed by atoms with Gasteiger partial charge in [-0.05, 0) is 37.5 Å². The lowest BCUT2D eigenvalue weighted by atomic mass is 9.94. The van der Waals surface area contributed by atoms with Gasteiger partial charge in [-0.25, -0.2) is 4.79 Å². The molecule has 0 saturated heterocycles. The Morgan fingerprint density at radius 1 is 1.15 bits per heavy atom. The third kappa shape index (κ3) is 6.18. The summed E-state index contributed by atoms with van der Waals surface area (Å²) in [6.45, 7) is 2.57. The molecule has 0 aromatic heterocycles. The fourth-order valence-electron chi connectivity index (χ4n) is 3.83. The van der Waals surface area contributed by atoms with E-state index >= 15 is 0 Å². The molecule has 0 spiro atoms. The molecule has 1 atom stereocenters. The van der Waals surface area contributed by atoms with Gasteiger partial charge in [0, 0.05) is 24.7 Å². The van der Waals surface area contributed by atoms with Gasteiger partial charge in [0.25, 0.3) is 5.91 Å². The first kappa shape index (κ1) is 24.9. The van der Waals surface area contributed by atoms with Gasteiger partial charge in [0.15, 0.2) is 6.54 Å². The number of hydrogen-bond acceptors (Lipinski definition) is 5. The third-order valence-electron chi connectivity index (χ3n) is 5.57. The molecule has 1 aliphatic heterocycles. The minimum Gasteiger partial charge on any atom is -0.497 e. The highest BCUT2D eigenvalue weighted by Gasteiger charge is 2.46. The molecule has 9 heteroatoms. The van der Waals surface area contributed by atoms with E-state index in [4.69, 9.17) is 4.74 Å². The number of amides is 5. The number of nitrogens with one attached hydrogen (secondary N) is 2. The average molecular weight is 468 g/mol. The van der Waals surface area contributed by atoms with E-state index in [0.29, 0.717) is 43.0 Å². The number of anilines is 1. The van der Waals surface area contributed by atoms with E-state index < -0.39 is 17.9 Å². The second-order valence-electron chi connectivity index (χ2n) is 8.09. The van der Waals surface area contributed by atoms with E-state index in [2.05, 4.69) is 10.6 Å². The smallest absolute Gasteiger partial charge is 0.497 e. The van der Waals surface area contributed by atoms with Crippen LogP contribution in [0.5, 0.6) is 5.75 Å². The van der Waals surface area contributed by atoms with Crippen molar-refractivity contribution < 1.29 is 28.5 Å². The Balaban J connectivity index is 1.68. The molecular formula is C25H31N4O5+. The molecule has 2 N–H and O–H groups in total. The maximum atomic E-state index is 13.2. The molecule has 1 aromatic carbocycles. The highest BCUT2D eigenvalue weighted by molar-refractivity contribution is 6.17. The van der Waals surface area contributed by atoms with Crippen molar-refractivity contribution in [1.29, 1.82) is 0 Å². The molecule has 0 saturated carbocycles. The minimum atomic E-state index is -0.625. The summed E-state index contributed by atoms with van der Waals surface area (Å²) in [5.74, 6) is -0.773. The molecule has 9 nitrogen and oxygen atoms in total. The van der Waals surface area contributed by atoms with Gasteiger partial charge in [-0.3, -0.25) is 9.59 Å². The number of carbonyl (C=O) groups excluding carboxylic acids is 4. The van der Waals surface area contributed by atoms with Crippen LogP contribution >= 0.6 is 0 Å². The van der Waals surface area contributed by atoms with Gasteiger partial charge in [0.1, 0.15) is 17.4 Å². The lowest BCUT2D eigenvalue weighted by Crippen LogP contribution is -2.55. The Morgan fingerprint density at radius 2 is 1.97 bits per heavy atom. The van der Waals surface area contributed by atoms with Crippen molar-refractivity contribution in [3.8, 4) is 5.75 Å². The standard InChI is InChI=1S/C25H30N4O5/c1-3-14-26-22(30)13-6-7-15-28-24(32)20-11-4-5-12-21(20)29(25(28)33)17-23(31)27-18-9-8-10-19(16-18)34-2/h4-5,8-12,16,20H,3,6-7,13-15,17H2,1-2H3,(H-,26,27,30,31)/p+1. The molecule has 34 heavy (non-hydrogen) atoms. The van der Waals surface area contributed by atoms with Crippen molar-refractivity contribution in [1.82, 2.24) is 10.2 Å². The molecule has 0 bridgehead atoms. The predicted molar refractivity (Wildman–Crippen MR) is 128 cm³/mol. The summed E-state index contributed by atoms with van der Waals surface area (Å²) in [5, 5.41) is 5.59. The monoisotopic (exact) mass is 467 g/mol. The van der Waals surface area contributed by atoms with Gasteiger partial charge in [0.2, 0.25) is 5.91 Å². The second-order valence-corrected chi connectivity index (χ2v) is 8.09. The van der Waals surface area contributed by atoms with Crippen molar-refractivity contribution in [3.05, 3.63) is 48.6 Å². The number of rotatable bonds is 11. The zero-order valence-electron chi connectivity index (χ0n) is 19.6. The van der Waals surface area contributed by atoms with Gasteiger partial charge < -0.3 is 15.4 Å². The van der Waals surface area contributed by atoms with E-state index in [1.54, 1.807) is 48.6 Å². The van der Waals surface area contributed by atoms with Crippen LogP contribution in [0.3, 0.4) is 0 Å². The van der Waals surface area contributed by atoms with Crippen molar-refractivity contribution in [2.45, 2.75) is 32.6 Å². The molecule has 1 heterocycles. The molecule has 5 amide bonds. The fourth-order valence-corrected chi connectivity index (χ4v) is 3.83. The first-order valence-corrected chi connectivity index (χ1v) is 11.5. The van der Waals surface area contributed by atoms with E-state index in [1.807, 2.05) is 6.92 Å². The third-order valence-corrected chi connectivity index (χ3v) is 5.57. The summed E-state index contributed by atoms with van der Waals surface area (Å²) < 4.78 is 6.52. The Bertz CT molecular complexity index is 1040. The number of ether oxygens (including phenoxy) is 1. The number of allylic oxidation sites excluding steroid dienone is 3. The molecule has 1 aromatic rings. The molecule has 0 radical (unpaired) electrons. The normalized spacial score (nSPS) is 17.0. The Labute approximate surface area is 199 Å². The number of benzene rings is 1. The molecule has 1 unspecified atom stereocenters. The quantitative estimate of drug-likeness (QED) is 0.384. The Kier molecular flexibility index (Phi) is 8.73. The maximum absolute atomic E-state index is 13.2. The Morgan fingerprint density at radius 3 is 2.74 bits per heavy atom. The number of imide groups is 1. The summed E-state index contributed by atoms with van der Waals surface area (Å²) in [5.41, 5.74) is 1.03. The molecule has 3 rings (SSSR count). The number of urea groups is 1. The van der Waals surface area contributed by atoms with Gasteiger partial charge in [0.05, 0.1) is 13.7 Å². The van der Waals surface area contributed by atoms with Gasteiger partial charge in [-0.1, -0.05) is 31.2 Å². The van der Waals surface area contributed by atoms with Gasteiger partial charge >= 0.3 is 11.9 Å². The lowest BCUT2D eigenvalue weighted by molar-refractivity contribution is -0.427. The second kappa shape index (κ2) is 11.9. The van der Waals surface area contributed by atoms with Crippen LogP contribution in [0.25, 0.3) is 0 Å². The highest BCUT2D eigenvalue weighted by atomic mass is 16.5. The van der Waals surface area contributed by atoms with Crippen LogP contribution in [-0.2, 0) is 14.4 Å². The molecule has 0 fully saturated rings. The topological polar surface area (TPSA) is 108 Å². The summed E-state index contributed by atoms with van der Waals surface area (Å²) in [6, 6.07) is 6.39. The average Bonchev–Trinajstić information content (AvgIpc) is 2.84. The lowest BCUT2D eigenvalue weighted by Gasteiger charge is -2.26. The Hall–Kier alpha value is -3.75. The predicted octanol–water partition coefficient (Wildman–Crippen LogP) is 2.49. The van der Waals surface area contributed by atoms with Crippen molar-refractivity contribution in [2.24, 2.45) is 5.92 Å². The molecular weight excluding hydrogens is 436 g/mol. The SMILES string of the molecule is CCCNC(=O)CCCCN1C(=O)C2C=CC=CC2=[N+](CC(=O)Nc2cccc(OC)c2)C1=O. The van der Waals surface area contributed by atoms with Crippen molar-refractivity contribution in [2.75, 3.05) is 32.1 Å². The van der Waals surface area contributed by atoms with Crippen LogP contribution in [0.1, 0.15) is 32.6 Å². The summed E-state index contributed by atoms with van der Waals surface area (Å²) >= 11 is 0. The number of nitrogens with zero attached hydrogens (tertiary/aromatic N) is 2. The van der Waals surface area contributed by atoms with Gasteiger partial charge in [-0.15, -0.1) is 0 Å². The number of methoxy groups -OCH3 is 1. The minimum absolute atomic E-state index is 0.0371. The highest BCUT2D eigenvalue weighted by Crippen LogP contribution is 2.21. The molecule has 180 valence electrons. The van der Waals surface area contributed by atoms with Crippen LogP contribution in [-0.4, -0.2) is 65.7 Å². The van der Waals surface area contributed by atoms with Crippen molar-refractivity contribution in [3.63, 3.8) is 0 Å². The maximum Gasteiger partial charge on any atom is 0.501 e. The number of carbonyl (C=O) groups is 4. The zero-order valence-corrected chi connectivity index (χ0v) is 19.6. The van der Waals surface area contributed by atoms with Crippen molar-refractivity contribution >= 4 is 35.2 Å². The fraction of sp³-hybridized carbons (Fsp3) is 0.400. The first-order valence-electron chi connectivity index (χ1n) is 11.5.